The Morgan fingerprint density at radius 1 is 1.13 bits per heavy atom. The van der Waals surface area contributed by atoms with Gasteiger partial charge in [0.25, 0.3) is 0 Å². The number of hydrogen-bond acceptors (Lipinski definition) is 5. The van der Waals surface area contributed by atoms with Crippen LogP contribution in [0.25, 0.3) is 27.9 Å². The number of nitrogens with one attached hydrogen (secondary N) is 1. The van der Waals surface area contributed by atoms with Crippen molar-refractivity contribution in [1.29, 1.82) is 0 Å². The van der Waals surface area contributed by atoms with Crippen LogP contribution in [0.15, 0.2) is 24.4 Å². The zero-order valence-electron chi connectivity index (χ0n) is 17.2. The van der Waals surface area contributed by atoms with Crippen LogP contribution in [0.1, 0.15) is 43.0 Å². The van der Waals surface area contributed by atoms with Crippen LogP contribution in [-0.2, 0) is 0 Å². The highest BCUT2D eigenvalue weighted by molar-refractivity contribution is 5.81. The monoisotopic (exact) mass is 405 g/mol. The maximum absolute atomic E-state index is 15.0. The lowest BCUT2D eigenvalue weighted by Crippen LogP contribution is -2.21. The number of nitrogens with zero attached hydrogens (tertiary/aromatic N) is 6. The summed E-state index contributed by atoms with van der Waals surface area (Å²) in [6.07, 6.45) is 6.39. The molecular weight excluding hydrogens is 381 g/mol. The summed E-state index contributed by atoms with van der Waals surface area (Å²) in [5.41, 5.74) is 5.40. The third kappa shape index (κ3) is 2.74. The van der Waals surface area contributed by atoms with E-state index < -0.39 is 0 Å². The molecule has 1 N–H and O–H groups in total. The lowest BCUT2D eigenvalue weighted by Gasteiger charge is -2.21. The first-order valence-corrected chi connectivity index (χ1v) is 10.6. The molecule has 6 rings (SSSR count). The quantitative estimate of drug-likeness (QED) is 0.552. The summed E-state index contributed by atoms with van der Waals surface area (Å²) in [6, 6.07) is 5.59. The molecule has 7 nitrogen and oxygen atoms in total. The number of aryl methyl sites for hydroxylation is 2. The molecule has 8 heteroatoms. The highest BCUT2D eigenvalue weighted by Gasteiger charge is 2.42. The van der Waals surface area contributed by atoms with Crippen molar-refractivity contribution in [3.63, 3.8) is 0 Å². The van der Waals surface area contributed by atoms with Crippen LogP contribution < -0.4 is 5.32 Å². The Morgan fingerprint density at radius 3 is 2.87 bits per heavy atom. The van der Waals surface area contributed by atoms with Crippen LogP contribution in [0.5, 0.6) is 0 Å². The molecule has 1 aliphatic heterocycles. The van der Waals surface area contributed by atoms with E-state index in [1.54, 1.807) is 9.31 Å². The van der Waals surface area contributed by atoms with Crippen LogP contribution in [-0.4, -0.2) is 42.7 Å². The maximum Gasteiger partial charge on any atom is 0.156 e. The maximum atomic E-state index is 15.0. The van der Waals surface area contributed by atoms with Gasteiger partial charge in [-0.25, -0.2) is 13.9 Å². The molecule has 2 fully saturated rings. The summed E-state index contributed by atoms with van der Waals surface area (Å²) in [5.74, 6) is -0.356. The second kappa shape index (κ2) is 6.31. The van der Waals surface area contributed by atoms with Gasteiger partial charge in [-0.05, 0) is 75.3 Å². The Labute approximate surface area is 173 Å². The van der Waals surface area contributed by atoms with Crippen molar-refractivity contribution >= 4 is 16.7 Å². The van der Waals surface area contributed by atoms with E-state index >= 15 is 0 Å². The number of fused-ring (bicyclic) bond motifs is 2. The second-order valence-electron chi connectivity index (χ2n) is 9.03. The van der Waals surface area contributed by atoms with Crippen LogP contribution in [0.2, 0.25) is 0 Å². The lowest BCUT2D eigenvalue weighted by atomic mass is 9.85. The van der Waals surface area contributed by atoms with E-state index in [-0.39, 0.29) is 11.9 Å². The van der Waals surface area contributed by atoms with Gasteiger partial charge in [0.1, 0.15) is 11.0 Å². The molecule has 0 amide bonds. The minimum absolute atomic E-state index is 0.241. The summed E-state index contributed by atoms with van der Waals surface area (Å²) in [6.45, 7) is 6.09. The number of hydrogen-bond donors (Lipinski definition) is 1. The SMILES string of the molecule is Cc1cn2nc(-c3cc(F)c4nn(C5CCC6(CCNC6)C5)nc4c3)cc(C)c2n1. The third-order valence-corrected chi connectivity index (χ3v) is 6.82. The van der Waals surface area contributed by atoms with E-state index in [1.807, 2.05) is 32.2 Å². The van der Waals surface area contributed by atoms with E-state index in [4.69, 9.17) is 0 Å². The Morgan fingerprint density at radius 2 is 2.03 bits per heavy atom. The molecule has 2 aliphatic rings. The predicted molar refractivity (Wildman–Crippen MR) is 112 cm³/mol. The fourth-order valence-corrected chi connectivity index (χ4v) is 5.25. The van der Waals surface area contributed by atoms with Gasteiger partial charge in [-0.1, -0.05) is 0 Å². The summed E-state index contributed by atoms with van der Waals surface area (Å²) >= 11 is 0. The number of halogens is 1. The Balaban J connectivity index is 1.39. The van der Waals surface area contributed by atoms with Gasteiger partial charge in [-0.15, -0.1) is 5.10 Å². The van der Waals surface area contributed by atoms with E-state index in [2.05, 4.69) is 25.6 Å². The zero-order valence-corrected chi connectivity index (χ0v) is 17.2. The summed E-state index contributed by atoms with van der Waals surface area (Å²) in [7, 11) is 0. The largest absolute Gasteiger partial charge is 0.316 e. The Kier molecular flexibility index (Phi) is 3.78. The van der Waals surface area contributed by atoms with Gasteiger partial charge in [-0.2, -0.15) is 15.0 Å². The summed E-state index contributed by atoms with van der Waals surface area (Å²) in [5, 5.41) is 17.3. The van der Waals surface area contributed by atoms with Crippen LogP contribution in [0.3, 0.4) is 0 Å². The van der Waals surface area contributed by atoms with Crippen molar-refractivity contribution in [2.75, 3.05) is 13.1 Å². The lowest BCUT2D eigenvalue weighted by molar-refractivity contribution is 0.305. The number of aromatic nitrogens is 6. The van der Waals surface area contributed by atoms with E-state index in [9.17, 15) is 4.39 Å². The summed E-state index contributed by atoms with van der Waals surface area (Å²) < 4.78 is 16.7. The van der Waals surface area contributed by atoms with Gasteiger partial charge in [0.15, 0.2) is 11.5 Å². The molecule has 3 aromatic heterocycles. The number of benzene rings is 1. The zero-order chi connectivity index (χ0) is 20.5. The molecule has 4 heterocycles. The topological polar surface area (TPSA) is 72.9 Å². The van der Waals surface area contributed by atoms with Gasteiger partial charge in [-0.3, -0.25) is 0 Å². The van der Waals surface area contributed by atoms with Crippen molar-refractivity contribution in [2.45, 2.75) is 45.6 Å². The molecule has 0 radical (unpaired) electrons. The first-order chi connectivity index (χ1) is 14.5. The van der Waals surface area contributed by atoms with E-state index in [0.717, 1.165) is 42.8 Å². The fraction of sp³-hybridized carbons (Fsp3) is 0.455. The first-order valence-electron chi connectivity index (χ1n) is 10.6. The van der Waals surface area contributed by atoms with Crippen molar-refractivity contribution in [2.24, 2.45) is 5.41 Å². The average molecular weight is 405 g/mol. The molecule has 30 heavy (non-hydrogen) atoms. The molecule has 4 aromatic rings. The minimum atomic E-state index is -0.356. The van der Waals surface area contributed by atoms with Crippen molar-refractivity contribution in [3.8, 4) is 11.3 Å². The third-order valence-electron chi connectivity index (χ3n) is 6.82. The normalized spacial score (nSPS) is 24.0. The van der Waals surface area contributed by atoms with E-state index in [1.165, 1.54) is 18.9 Å². The van der Waals surface area contributed by atoms with Gasteiger partial charge in [0, 0.05) is 12.1 Å². The Hall–Kier alpha value is -2.87. The van der Waals surface area contributed by atoms with E-state index in [0.29, 0.717) is 27.7 Å². The molecule has 1 saturated carbocycles. The van der Waals surface area contributed by atoms with Crippen LogP contribution in [0, 0.1) is 25.1 Å². The molecule has 1 saturated heterocycles. The second-order valence-corrected chi connectivity index (χ2v) is 9.03. The van der Waals surface area contributed by atoms with Crippen molar-refractivity contribution in [1.82, 2.24) is 34.9 Å². The highest BCUT2D eigenvalue weighted by Crippen LogP contribution is 2.47. The minimum Gasteiger partial charge on any atom is -0.316 e. The van der Waals surface area contributed by atoms with Crippen LogP contribution in [0.4, 0.5) is 4.39 Å². The molecule has 154 valence electrons. The molecule has 1 spiro atoms. The molecule has 0 bridgehead atoms. The standard InChI is InChI=1S/C22H24FN7/c1-13-7-18(26-29-11-14(2)25-21(13)29)15-8-17(23)20-19(9-15)27-30(28-20)16-3-4-22(10-16)5-6-24-12-22/h7-9,11,16,24H,3-6,10,12H2,1-2H3. The number of rotatable bonds is 2. The molecular formula is C22H24FN7. The smallest absolute Gasteiger partial charge is 0.156 e. The average Bonchev–Trinajstić information content (AvgIpc) is 3.49. The summed E-state index contributed by atoms with van der Waals surface area (Å²) in [4.78, 5) is 6.24. The molecule has 1 aromatic carbocycles. The van der Waals surface area contributed by atoms with Gasteiger partial charge in [0.05, 0.1) is 23.6 Å². The number of imidazole rings is 1. The van der Waals surface area contributed by atoms with Gasteiger partial charge in [0.2, 0.25) is 0 Å². The van der Waals surface area contributed by atoms with Crippen molar-refractivity contribution in [3.05, 3.63) is 41.5 Å². The highest BCUT2D eigenvalue weighted by atomic mass is 19.1. The fourth-order valence-electron chi connectivity index (χ4n) is 5.25. The first kappa shape index (κ1) is 17.9. The molecule has 2 atom stereocenters. The van der Waals surface area contributed by atoms with Crippen molar-refractivity contribution < 1.29 is 4.39 Å². The Bertz CT molecular complexity index is 1280. The van der Waals surface area contributed by atoms with Crippen LogP contribution >= 0.6 is 0 Å². The van der Waals surface area contributed by atoms with Gasteiger partial charge < -0.3 is 5.32 Å². The van der Waals surface area contributed by atoms with Gasteiger partial charge >= 0.3 is 0 Å². The molecule has 1 aliphatic carbocycles. The molecule has 2 unspecified atom stereocenters. The predicted octanol–water partition coefficient (Wildman–Crippen LogP) is 3.60.